The lowest BCUT2D eigenvalue weighted by molar-refractivity contribution is 0.0747. The maximum Gasteiger partial charge on any atom is 0.0659 e. The van der Waals surface area contributed by atoms with Crippen LogP contribution in [-0.2, 0) is 4.74 Å². The molecule has 0 fully saturated rings. The van der Waals surface area contributed by atoms with E-state index in [1.54, 1.807) is 7.11 Å². The third-order valence-electron chi connectivity index (χ3n) is 4.27. The Morgan fingerprint density at radius 1 is 1.06 bits per heavy atom. The molecule has 0 saturated heterocycles. The Balaban J connectivity index is 4.68. The van der Waals surface area contributed by atoms with Crippen LogP contribution in [0.5, 0.6) is 0 Å². The summed E-state index contributed by atoms with van der Waals surface area (Å²) in [5.74, 6) is 2.50. The van der Waals surface area contributed by atoms with Gasteiger partial charge in [0.15, 0.2) is 0 Å². The fraction of sp³-hybridized carbons (Fsp3) is 1.00. The highest BCUT2D eigenvalue weighted by Crippen LogP contribution is 2.22. The van der Waals surface area contributed by atoms with E-state index in [4.69, 9.17) is 10.5 Å². The van der Waals surface area contributed by atoms with Crippen LogP contribution in [0.4, 0.5) is 0 Å². The van der Waals surface area contributed by atoms with Crippen LogP contribution < -0.4 is 11.1 Å². The van der Waals surface area contributed by atoms with Crippen LogP contribution in [0.1, 0.15) is 41.5 Å². The normalized spacial score (nSPS) is 16.0. The predicted octanol–water partition coefficient (Wildman–Crippen LogP) is 2.50. The molecule has 0 amide bonds. The smallest absolute Gasteiger partial charge is 0.0659 e. The molecule has 0 rings (SSSR count). The van der Waals surface area contributed by atoms with E-state index in [1.165, 1.54) is 0 Å². The van der Waals surface area contributed by atoms with E-state index in [0.717, 1.165) is 6.54 Å². The fourth-order valence-electron chi connectivity index (χ4n) is 2.61. The number of nitrogens with one attached hydrogen (secondary N) is 1. The Labute approximate surface area is 114 Å². The molecule has 0 radical (unpaired) electrons. The summed E-state index contributed by atoms with van der Waals surface area (Å²) >= 11 is 0. The molecule has 0 bridgehead atoms. The summed E-state index contributed by atoms with van der Waals surface area (Å²) in [5.41, 5.74) is 5.89. The number of rotatable bonds is 9. The van der Waals surface area contributed by atoms with E-state index in [9.17, 15) is 0 Å². The molecule has 110 valence electrons. The molecule has 0 aliphatic carbocycles. The highest BCUT2D eigenvalue weighted by atomic mass is 16.5. The van der Waals surface area contributed by atoms with Crippen LogP contribution in [0.25, 0.3) is 0 Å². The van der Waals surface area contributed by atoms with Crippen LogP contribution in [-0.4, -0.2) is 32.3 Å². The quantitative estimate of drug-likeness (QED) is 0.668. The van der Waals surface area contributed by atoms with Gasteiger partial charge in [0.05, 0.1) is 12.1 Å². The summed E-state index contributed by atoms with van der Waals surface area (Å²) in [5, 5.41) is 3.70. The number of hydrogen-bond acceptors (Lipinski definition) is 3. The molecule has 0 aromatic rings. The van der Waals surface area contributed by atoms with E-state index < -0.39 is 0 Å². The van der Waals surface area contributed by atoms with Crippen molar-refractivity contribution in [3.05, 3.63) is 0 Å². The molecule has 0 saturated carbocycles. The molecule has 0 spiro atoms. The van der Waals surface area contributed by atoms with Crippen LogP contribution >= 0.6 is 0 Å². The minimum absolute atomic E-state index is 0.100. The molecule has 0 aromatic heterocycles. The molecule has 0 aromatic carbocycles. The third-order valence-corrected chi connectivity index (χ3v) is 4.27. The summed E-state index contributed by atoms with van der Waals surface area (Å²) < 4.78 is 5.37. The van der Waals surface area contributed by atoms with Gasteiger partial charge < -0.3 is 15.8 Å². The lowest BCUT2D eigenvalue weighted by Gasteiger charge is -2.39. The van der Waals surface area contributed by atoms with Gasteiger partial charge in [0.25, 0.3) is 0 Å². The SMILES string of the molecule is COCC(CN)(NCC(C(C)C)C(C)C)C(C)C. The number of ether oxygens (including phenoxy) is 1. The molecule has 3 nitrogen and oxygen atoms in total. The third kappa shape index (κ3) is 4.87. The summed E-state index contributed by atoms with van der Waals surface area (Å²) in [6, 6.07) is 0. The fourth-order valence-corrected chi connectivity index (χ4v) is 2.61. The standard InChI is InChI=1S/C15H34N2O/c1-11(2)14(12(3)4)8-17-15(9-16,10-18-7)13(5)6/h11-14,17H,8-10,16H2,1-7H3. The van der Waals surface area contributed by atoms with E-state index >= 15 is 0 Å². The minimum Gasteiger partial charge on any atom is -0.383 e. The van der Waals surface area contributed by atoms with Crippen molar-refractivity contribution in [3.63, 3.8) is 0 Å². The molecular weight excluding hydrogens is 224 g/mol. The summed E-state index contributed by atoms with van der Waals surface area (Å²) in [6.45, 7) is 15.9. The second-order valence-electron chi connectivity index (χ2n) is 6.48. The maximum atomic E-state index is 5.99. The topological polar surface area (TPSA) is 47.3 Å². The number of methoxy groups -OCH3 is 1. The molecule has 0 heterocycles. The van der Waals surface area contributed by atoms with Gasteiger partial charge in [-0.2, -0.15) is 0 Å². The van der Waals surface area contributed by atoms with E-state index in [2.05, 4.69) is 46.9 Å². The minimum atomic E-state index is -0.100. The average molecular weight is 258 g/mol. The highest BCUT2D eigenvalue weighted by molar-refractivity contribution is 4.93. The highest BCUT2D eigenvalue weighted by Gasteiger charge is 2.33. The van der Waals surface area contributed by atoms with Crippen molar-refractivity contribution in [1.29, 1.82) is 0 Å². The van der Waals surface area contributed by atoms with E-state index in [-0.39, 0.29) is 5.54 Å². The van der Waals surface area contributed by atoms with Gasteiger partial charge >= 0.3 is 0 Å². The Bertz CT molecular complexity index is 209. The lowest BCUT2D eigenvalue weighted by Crippen LogP contribution is -2.59. The van der Waals surface area contributed by atoms with Crippen LogP contribution in [0.15, 0.2) is 0 Å². The van der Waals surface area contributed by atoms with Gasteiger partial charge in [-0.15, -0.1) is 0 Å². The van der Waals surface area contributed by atoms with Gasteiger partial charge in [-0.05, 0) is 30.2 Å². The average Bonchev–Trinajstić information content (AvgIpc) is 2.26. The zero-order chi connectivity index (χ0) is 14.3. The van der Waals surface area contributed by atoms with Gasteiger partial charge in [-0.25, -0.2) is 0 Å². The van der Waals surface area contributed by atoms with Crippen molar-refractivity contribution in [2.75, 3.05) is 26.8 Å². The maximum absolute atomic E-state index is 5.99. The van der Waals surface area contributed by atoms with Gasteiger partial charge in [0.2, 0.25) is 0 Å². The largest absolute Gasteiger partial charge is 0.383 e. The molecule has 0 aliphatic rings. The van der Waals surface area contributed by atoms with Crippen molar-refractivity contribution in [1.82, 2.24) is 5.32 Å². The first-order valence-electron chi connectivity index (χ1n) is 7.24. The van der Waals surface area contributed by atoms with Crippen LogP contribution in [0, 0.1) is 23.7 Å². The van der Waals surface area contributed by atoms with Crippen LogP contribution in [0.3, 0.4) is 0 Å². The Hall–Kier alpha value is -0.120. The monoisotopic (exact) mass is 258 g/mol. The summed E-state index contributed by atoms with van der Waals surface area (Å²) in [7, 11) is 1.75. The second-order valence-corrected chi connectivity index (χ2v) is 6.48. The predicted molar refractivity (Wildman–Crippen MR) is 79.7 cm³/mol. The lowest BCUT2D eigenvalue weighted by atomic mass is 9.82. The van der Waals surface area contributed by atoms with E-state index in [1.807, 2.05) is 0 Å². The summed E-state index contributed by atoms with van der Waals surface area (Å²) in [4.78, 5) is 0. The van der Waals surface area contributed by atoms with Crippen molar-refractivity contribution < 1.29 is 4.74 Å². The van der Waals surface area contributed by atoms with Gasteiger partial charge in [0, 0.05) is 13.7 Å². The number of nitrogens with two attached hydrogens (primary N) is 1. The van der Waals surface area contributed by atoms with Crippen molar-refractivity contribution >= 4 is 0 Å². The molecule has 1 atom stereocenters. The first-order valence-corrected chi connectivity index (χ1v) is 7.24. The molecule has 3 N–H and O–H groups in total. The first-order chi connectivity index (χ1) is 8.30. The Morgan fingerprint density at radius 2 is 1.56 bits per heavy atom. The van der Waals surface area contributed by atoms with Gasteiger partial charge in [-0.1, -0.05) is 41.5 Å². The van der Waals surface area contributed by atoms with Crippen molar-refractivity contribution in [2.45, 2.75) is 47.1 Å². The molecule has 1 unspecified atom stereocenters. The van der Waals surface area contributed by atoms with Crippen molar-refractivity contribution in [2.24, 2.45) is 29.4 Å². The zero-order valence-electron chi connectivity index (χ0n) is 13.4. The summed E-state index contributed by atoms with van der Waals surface area (Å²) in [6.07, 6.45) is 0. The molecule has 18 heavy (non-hydrogen) atoms. The molecule has 0 aliphatic heterocycles. The Kier molecular flexibility index (Phi) is 8.08. The number of hydrogen-bond donors (Lipinski definition) is 2. The second kappa shape index (κ2) is 8.13. The first kappa shape index (κ1) is 17.9. The van der Waals surface area contributed by atoms with Crippen molar-refractivity contribution in [3.8, 4) is 0 Å². The molecular formula is C15H34N2O. The van der Waals surface area contributed by atoms with Crippen LogP contribution in [0.2, 0.25) is 0 Å². The van der Waals surface area contributed by atoms with Gasteiger partial charge in [0.1, 0.15) is 0 Å². The molecule has 3 heteroatoms. The Morgan fingerprint density at radius 3 is 1.83 bits per heavy atom. The van der Waals surface area contributed by atoms with Gasteiger partial charge in [-0.3, -0.25) is 0 Å². The zero-order valence-corrected chi connectivity index (χ0v) is 13.4. The van der Waals surface area contributed by atoms with E-state index in [0.29, 0.717) is 36.8 Å².